The summed E-state index contributed by atoms with van der Waals surface area (Å²) in [5.41, 5.74) is 3.97. The van der Waals surface area contributed by atoms with E-state index in [-0.39, 0.29) is 17.3 Å². The fraction of sp³-hybridized carbons (Fsp3) is 0.167. The first-order chi connectivity index (χ1) is 16.0. The third-order valence-corrected chi connectivity index (χ3v) is 5.69. The summed E-state index contributed by atoms with van der Waals surface area (Å²) in [6.07, 6.45) is 1.46. The highest BCUT2D eigenvalue weighted by Crippen LogP contribution is 2.38. The number of para-hydroxylation sites is 1. The summed E-state index contributed by atoms with van der Waals surface area (Å²) in [6.45, 7) is 2.97. The first-order valence-electron chi connectivity index (χ1n) is 10.5. The molecule has 0 bridgehead atoms. The number of aromatic nitrogens is 4. The van der Waals surface area contributed by atoms with Gasteiger partial charge in [-0.3, -0.25) is 4.79 Å². The Labute approximate surface area is 188 Å². The summed E-state index contributed by atoms with van der Waals surface area (Å²) < 4.78 is 16.8. The van der Waals surface area contributed by atoms with Crippen LogP contribution in [0.5, 0.6) is 0 Å². The number of oxime groups is 1. The Bertz CT molecular complexity index is 1410. The number of hydrogen-bond donors (Lipinski definition) is 2. The molecule has 1 atom stereocenters. The van der Waals surface area contributed by atoms with Crippen LogP contribution < -0.4 is 10.9 Å². The molecule has 0 saturated heterocycles. The summed E-state index contributed by atoms with van der Waals surface area (Å²) >= 11 is 0. The van der Waals surface area contributed by atoms with Gasteiger partial charge in [0.05, 0.1) is 29.7 Å². The Morgan fingerprint density at radius 3 is 2.67 bits per heavy atom. The van der Waals surface area contributed by atoms with Gasteiger partial charge >= 0.3 is 0 Å². The molecule has 1 aliphatic rings. The lowest BCUT2D eigenvalue weighted by molar-refractivity contribution is 0.316. The van der Waals surface area contributed by atoms with Gasteiger partial charge in [0.2, 0.25) is 0 Å². The highest BCUT2D eigenvalue weighted by molar-refractivity contribution is 5.88. The molecule has 33 heavy (non-hydrogen) atoms. The Kier molecular flexibility index (Phi) is 5.21. The van der Waals surface area contributed by atoms with Crippen LogP contribution in [-0.4, -0.2) is 37.5 Å². The van der Waals surface area contributed by atoms with Gasteiger partial charge in [-0.05, 0) is 48.9 Å². The van der Waals surface area contributed by atoms with Gasteiger partial charge in [0, 0.05) is 24.1 Å². The molecule has 4 aromatic rings. The number of aryl methyl sites for hydroxylation is 1. The van der Waals surface area contributed by atoms with Gasteiger partial charge < -0.3 is 10.5 Å². The fourth-order valence-electron chi connectivity index (χ4n) is 4.05. The number of hydrogen-bond acceptors (Lipinski definition) is 6. The van der Waals surface area contributed by atoms with Crippen LogP contribution in [-0.2, 0) is 6.54 Å². The zero-order valence-corrected chi connectivity index (χ0v) is 17.8. The Balaban J connectivity index is 1.71. The van der Waals surface area contributed by atoms with Crippen LogP contribution in [0.3, 0.4) is 0 Å². The van der Waals surface area contributed by atoms with Crippen molar-refractivity contribution in [2.45, 2.75) is 13.5 Å². The lowest BCUT2D eigenvalue weighted by Crippen LogP contribution is -2.29. The summed E-state index contributed by atoms with van der Waals surface area (Å²) in [5, 5.41) is 24.9. The van der Waals surface area contributed by atoms with E-state index in [1.165, 1.54) is 29.1 Å². The highest BCUT2D eigenvalue weighted by atomic mass is 19.1. The number of halogens is 1. The van der Waals surface area contributed by atoms with Crippen LogP contribution in [0.4, 0.5) is 10.2 Å². The monoisotopic (exact) mass is 444 g/mol. The number of rotatable bonds is 4. The molecule has 2 aromatic carbocycles. The van der Waals surface area contributed by atoms with Crippen LogP contribution in [0.1, 0.15) is 5.56 Å². The van der Waals surface area contributed by atoms with Crippen molar-refractivity contribution in [3.05, 3.63) is 82.4 Å². The van der Waals surface area contributed by atoms with Crippen molar-refractivity contribution in [1.82, 2.24) is 19.6 Å². The lowest BCUT2D eigenvalue weighted by atomic mass is 10.0. The maximum Gasteiger partial charge on any atom is 0.271 e. The first-order valence-corrected chi connectivity index (χ1v) is 10.5. The second kappa shape index (κ2) is 8.34. The molecular formula is C24H21FN6O2. The van der Waals surface area contributed by atoms with Crippen molar-refractivity contribution >= 4 is 12.0 Å². The average Bonchev–Trinajstić information content (AvgIpc) is 3.19. The Morgan fingerprint density at radius 2 is 1.91 bits per heavy atom. The third-order valence-electron chi connectivity index (χ3n) is 5.69. The van der Waals surface area contributed by atoms with Crippen LogP contribution in [0.25, 0.3) is 28.2 Å². The molecule has 3 heterocycles. The molecule has 2 aromatic heterocycles. The number of benzene rings is 2. The molecule has 1 aliphatic heterocycles. The fourth-order valence-corrected chi connectivity index (χ4v) is 4.05. The average molecular weight is 444 g/mol. The summed E-state index contributed by atoms with van der Waals surface area (Å²) in [6, 6.07) is 16.8. The van der Waals surface area contributed by atoms with Crippen molar-refractivity contribution in [3.8, 4) is 28.2 Å². The molecule has 1 unspecified atom stereocenters. The van der Waals surface area contributed by atoms with Gasteiger partial charge in [-0.1, -0.05) is 18.2 Å². The van der Waals surface area contributed by atoms with Gasteiger partial charge in [-0.25, -0.2) is 9.07 Å². The van der Waals surface area contributed by atoms with Crippen molar-refractivity contribution in [2.75, 3.05) is 11.9 Å². The Morgan fingerprint density at radius 1 is 1.12 bits per heavy atom. The largest absolute Gasteiger partial charge is 0.411 e. The van der Waals surface area contributed by atoms with E-state index in [0.717, 1.165) is 16.9 Å². The summed E-state index contributed by atoms with van der Waals surface area (Å²) in [5.74, 6) is 0.345. The number of nitrogens with zero attached hydrogens (tertiary/aromatic N) is 5. The van der Waals surface area contributed by atoms with Gasteiger partial charge in [0.15, 0.2) is 0 Å². The minimum absolute atomic E-state index is 0.0507. The lowest BCUT2D eigenvalue weighted by Gasteiger charge is -2.22. The van der Waals surface area contributed by atoms with Crippen LogP contribution >= 0.6 is 0 Å². The molecule has 0 amide bonds. The molecule has 5 rings (SSSR count). The predicted octanol–water partition coefficient (Wildman–Crippen LogP) is 3.71. The van der Waals surface area contributed by atoms with Crippen LogP contribution in [0.2, 0.25) is 0 Å². The molecule has 0 aliphatic carbocycles. The molecule has 8 nitrogen and oxygen atoms in total. The zero-order valence-electron chi connectivity index (χ0n) is 17.8. The zero-order chi connectivity index (χ0) is 22.9. The van der Waals surface area contributed by atoms with Crippen LogP contribution in [0, 0.1) is 18.7 Å². The van der Waals surface area contributed by atoms with Crippen molar-refractivity contribution < 1.29 is 9.60 Å². The van der Waals surface area contributed by atoms with E-state index < -0.39 is 0 Å². The summed E-state index contributed by atoms with van der Waals surface area (Å²) in [4.78, 5) is 12.7. The molecule has 0 saturated carbocycles. The van der Waals surface area contributed by atoms with E-state index >= 15 is 0 Å². The molecule has 0 fully saturated rings. The maximum absolute atomic E-state index is 13.6. The van der Waals surface area contributed by atoms with Gasteiger partial charge in [0.1, 0.15) is 17.3 Å². The number of fused-ring (bicyclic) bond motifs is 1. The van der Waals surface area contributed by atoms with Crippen molar-refractivity contribution in [2.24, 2.45) is 11.1 Å². The smallest absolute Gasteiger partial charge is 0.271 e. The molecular weight excluding hydrogens is 423 g/mol. The molecule has 0 radical (unpaired) electrons. The Hall–Kier alpha value is -4.27. The minimum Gasteiger partial charge on any atom is -0.411 e. The second-order valence-corrected chi connectivity index (χ2v) is 7.92. The van der Waals surface area contributed by atoms with E-state index in [0.29, 0.717) is 35.7 Å². The van der Waals surface area contributed by atoms with E-state index in [9.17, 15) is 9.18 Å². The standard InChI is InChI=1S/C24H21FN6O2/c1-15-4-2-3-5-20(15)31-21(32)11-10-19(28-31)22-23(17-6-8-18(25)9-7-17)29-30-14-16(13-27-33)12-26-24(22)30/h2-11,13,16,26,33H,12,14H2,1H3. The molecule has 0 spiro atoms. The van der Waals surface area contributed by atoms with E-state index in [4.69, 9.17) is 10.3 Å². The van der Waals surface area contributed by atoms with E-state index in [2.05, 4.69) is 15.6 Å². The molecule has 2 N–H and O–H groups in total. The quantitative estimate of drug-likeness (QED) is 0.284. The van der Waals surface area contributed by atoms with Crippen molar-refractivity contribution in [3.63, 3.8) is 0 Å². The topological polar surface area (TPSA) is 97.3 Å². The third kappa shape index (κ3) is 3.78. The summed E-state index contributed by atoms with van der Waals surface area (Å²) in [7, 11) is 0. The first kappa shape index (κ1) is 20.6. The molecule has 9 heteroatoms. The number of anilines is 1. The van der Waals surface area contributed by atoms with Gasteiger partial charge in [-0.15, -0.1) is 5.16 Å². The van der Waals surface area contributed by atoms with Gasteiger partial charge in [0.25, 0.3) is 5.56 Å². The minimum atomic E-state index is -0.340. The van der Waals surface area contributed by atoms with E-state index in [1.54, 1.807) is 22.9 Å². The normalized spacial score (nSPS) is 15.4. The SMILES string of the molecule is Cc1ccccc1-n1nc(-c2c(-c3ccc(F)cc3)nn3c2NCC(C=NO)C3)ccc1=O. The predicted molar refractivity (Wildman–Crippen MR) is 123 cm³/mol. The second-order valence-electron chi connectivity index (χ2n) is 7.92. The van der Waals surface area contributed by atoms with Crippen LogP contribution in [0.15, 0.2) is 70.6 Å². The van der Waals surface area contributed by atoms with E-state index in [1.807, 2.05) is 31.2 Å². The van der Waals surface area contributed by atoms with Crippen molar-refractivity contribution in [1.29, 1.82) is 0 Å². The highest BCUT2D eigenvalue weighted by Gasteiger charge is 2.27. The molecule has 166 valence electrons. The van der Waals surface area contributed by atoms with Gasteiger partial charge in [-0.2, -0.15) is 14.9 Å². The maximum atomic E-state index is 13.6. The number of nitrogens with one attached hydrogen (secondary N) is 1.